The van der Waals surface area contributed by atoms with Crippen molar-refractivity contribution in [2.75, 3.05) is 20.1 Å². The summed E-state index contributed by atoms with van der Waals surface area (Å²) in [6.07, 6.45) is 1.14. The van der Waals surface area contributed by atoms with Crippen LogP contribution >= 0.6 is 0 Å². The number of nitrogens with one attached hydrogen (secondary N) is 1. The lowest BCUT2D eigenvalue weighted by molar-refractivity contribution is -0.141. The normalized spacial score (nSPS) is 11.7. The third kappa shape index (κ3) is 7.32. The van der Waals surface area contributed by atoms with Crippen LogP contribution in [0, 0.1) is 5.92 Å². The molecule has 0 radical (unpaired) electrons. The first-order chi connectivity index (χ1) is 7.84. The number of hydrogen-bond donors (Lipinski definition) is 2. The molecular formula is C11H20N2O4. The fourth-order valence-electron chi connectivity index (χ4n) is 1.14. The lowest BCUT2D eigenvalue weighted by Crippen LogP contribution is -2.37. The zero-order chi connectivity index (χ0) is 13.4. The van der Waals surface area contributed by atoms with E-state index in [4.69, 9.17) is 5.11 Å². The first-order valence-electron chi connectivity index (χ1n) is 5.55. The fourth-order valence-corrected chi connectivity index (χ4v) is 1.14. The maximum absolute atomic E-state index is 11.3. The Hall–Kier alpha value is -1.59. The summed E-state index contributed by atoms with van der Waals surface area (Å²) in [5.74, 6) is -1.62. The molecule has 2 N–H and O–H groups in total. The van der Waals surface area contributed by atoms with E-state index >= 15 is 0 Å². The Balaban J connectivity index is 3.65. The van der Waals surface area contributed by atoms with Gasteiger partial charge in [-0.25, -0.2) is 0 Å². The van der Waals surface area contributed by atoms with Crippen LogP contribution in [0.25, 0.3) is 0 Å². The summed E-state index contributed by atoms with van der Waals surface area (Å²) in [6.45, 7) is 3.49. The van der Waals surface area contributed by atoms with Crippen molar-refractivity contribution in [1.82, 2.24) is 10.2 Å². The Morgan fingerprint density at radius 1 is 1.35 bits per heavy atom. The Morgan fingerprint density at radius 2 is 1.94 bits per heavy atom. The van der Waals surface area contributed by atoms with Crippen LogP contribution in [0.2, 0.25) is 0 Å². The van der Waals surface area contributed by atoms with Crippen molar-refractivity contribution in [2.45, 2.75) is 26.7 Å². The second-order valence-electron chi connectivity index (χ2n) is 4.11. The highest BCUT2D eigenvalue weighted by Gasteiger charge is 2.11. The van der Waals surface area contributed by atoms with Crippen molar-refractivity contribution in [1.29, 1.82) is 0 Å². The van der Waals surface area contributed by atoms with Crippen molar-refractivity contribution in [2.24, 2.45) is 5.92 Å². The van der Waals surface area contributed by atoms with E-state index in [0.29, 0.717) is 19.4 Å². The number of carbonyl (C=O) groups excluding carboxylic acids is 2. The van der Waals surface area contributed by atoms with Gasteiger partial charge < -0.3 is 15.3 Å². The molecule has 0 aromatic rings. The molecule has 0 rings (SSSR count). The molecule has 0 saturated heterocycles. The molecule has 0 aromatic carbocycles. The van der Waals surface area contributed by atoms with Crippen molar-refractivity contribution >= 4 is 17.8 Å². The fraction of sp³-hybridized carbons (Fsp3) is 0.727. The predicted molar refractivity (Wildman–Crippen MR) is 62.4 cm³/mol. The molecule has 0 saturated carbocycles. The van der Waals surface area contributed by atoms with Crippen molar-refractivity contribution in [3.05, 3.63) is 0 Å². The summed E-state index contributed by atoms with van der Waals surface area (Å²) in [6, 6.07) is 0. The number of carboxylic acid groups (broad SMARTS) is 1. The molecule has 1 atom stereocenters. The Kier molecular flexibility index (Phi) is 6.93. The zero-order valence-electron chi connectivity index (χ0n) is 10.5. The van der Waals surface area contributed by atoms with Crippen molar-refractivity contribution in [3.63, 3.8) is 0 Å². The summed E-state index contributed by atoms with van der Waals surface area (Å²) in [5, 5.41) is 11.3. The Morgan fingerprint density at radius 3 is 2.41 bits per heavy atom. The van der Waals surface area contributed by atoms with Gasteiger partial charge >= 0.3 is 5.97 Å². The van der Waals surface area contributed by atoms with Crippen LogP contribution in [-0.2, 0) is 14.4 Å². The third-order valence-corrected chi connectivity index (χ3v) is 2.48. The minimum atomic E-state index is -0.826. The number of rotatable bonds is 7. The highest BCUT2D eigenvalue weighted by Crippen LogP contribution is 2.03. The lowest BCUT2D eigenvalue weighted by atomic mass is 10.1. The molecule has 0 aromatic heterocycles. The molecule has 17 heavy (non-hydrogen) atoms. The molecule has 0 bridgehead atoms. The quantitative estimate of drug-likeness (QED) is 0.621. The van der Waals surface area contributed by atoms with E-state index in [1.54, 1.807) is 14.0 Å². The van der Waals surface area contributed by atoms with Crippen LogP contribution in [0.3, 0.4) is 0 Å². The minimum Gasteiger partial charge on any atom is -0.481 e. The van der Waals surface area contributed by atoms with Gasteiger partial charge in [-0.15, -0.1) is 0 Å². The average molecular weight is 244 g/mol. The van der Waals surface area contributed by atoms with Crippen LogP contribution in [0.5, 0.6) is 0 Å². The molecule has 0 aliphatic carbocycles. The van der Waals surface area contributed by atoms with Crippen LogP contribution < -0.4 is 5.32 Å². The minimum absolute atomic E-state index is 0.0316. The second kappa shape index (κ2) is 7.65. The van der Waals surface area contributed by atoms with E-state index in [2.05, 4.69) is 5.32 Å². The maximum Gasteiger partial charge on any atom is 0.306 e. The van der Waals surface area contributed by atoms with Gasteiger partial charge in [0, 0.05) is 20.5 Å². The summed E-state index contributed by atoms with van der Waals surface area (Å²) < 4.78 is 0. The smallest absolute Gasteiger partial charge is 0.306 e. The number of carbonyl (C=O) groups is 3. The molecule has 1 unspecified atom stereocenters. The third-order valence-electron chi connectivity index (χ3n) is 2.48. The van der Waals surface area contributed by atoms with E-state index in [1.807, 2.05) is 0 Å². The average Bonchev–Trinajstić information content (AvgIpc) is 2.23. The standard InChI is InChI=1S/C11H20N2O4/c1-8(11(16)17)5-4-6-12-10(15)7-13(3)9(2)14/h8H,4-7H2,1-3H3,(H,12,15)(H,16,17). The monoisotopic (exact) mass is 244 g/mol. The number of carboxylic acids is 1. The van der Waals surface area contributed by atoms with Gasteiger partial charge in [0.2, 0.25) is 11.8 Å². The Bertz CT molecular complexity index is 291. The molecule has 0 heterocycles. The highest BCUT2D eigenvalue weighted by molar-refractivity contribution is 5.83. The molecule has 0 spiro atoms. The highest BCUT2D eigenvalue weighted by atomic mass is 16.4. The van der Waals surface area contributed by atoms with Gasteiger partial charge in [-0.1, -0.05) is 6.92 Å². The number of aliphatic carboxylic acids is 1. The van der Waals surface area contributed by atoms with E-state index in [1.165, 1.54) is 11.8 Å². The van der Waals surface area contributed by atoms with Crippen molar-refractivity contribution in [3.8, 4) is 0 Å². The molecule has 0 aliphatic heterocycles. The van der Waals surface area contributed by atoms with Crippen LogP contribution in [-0.4, -0.2) is 47.9 Å². The lowest BCUT2D eigenvalue weighted by Gasteiger charge is -2.14. The molecule has 2 amide bonds. The van der Waals surface area contributed by atoms with Gasteiger partial charge in [0.25, 0.3) is 0 Å². The first kappa shape index (κ1) is 15.4. The van der Waals surface area contributed by atoms with Gasteiger partial charge in [0.1, 0.15) is 0 Å². The van der Waals surface area contributed by atoms with Crippen LogP contribution in [0.15, 0.2) is 0 Å². The summed E-state index contributed by atoms with van der Waals surface area (Å²) in [4.78, 5) is 34.0. The molecule has 6 nitrogen and oxygen atoms in total. The number of likely N-dealkylation sites (N-methyl/N-ethyl adjacent to an activating group) is 1. The van der Waals surface area contributed by atoms with Crippen LogP contribution in [0.4, 0.5) is 0 Å². The van der Waals surface area contributed by atoms with Crippen molar-refractivity contribution < 1.29 is 19.5 Å². The van der Waals surface area contributed by atoms with E-state index < -0.39 is 11.9 Å². The van der Waals surface area contributed by atoms with Gasteiger partial charge in [0.05, 0.1) is 12.5 Å². The molecular weight excluding hydrogens is 224 g/mol. The largest absolute Gasteiger partial charge is 0.481 e. The number of hydrogen-bond acceptors (Lipinski definition) is 3. The number of nitrogens with zero attached hydrogens (tertiary/aromatic N) is 1. The summed E-state index contributed by atoms with van der Waals surface area (Å²) in [7, 11) is 1.55. The van der Waals surface area contributed by atoms with E-state index in [-0.39, 0.29) is 18.4 Å². The molecule has 0 fully saturated rings. The maximum atomic E-state index is 11.3. The summed E-state index contributed by atoms with van der Waals surface area (Å²) in [5.41, 5.74) is 0. The van der Waals surface area contributed by atoms with Gasteiger partial charge in [-0.3, -0.25) is 14.4 Å². The molecule has 98 valence electrons. The van der Waals surface area contributed by atoms with E-state index in [9.17, 15) is 14.4 Å². The van der Waals surface area contributed by atoms with Crippen LogP contribution in [0.1, 0.15) is 26.7 Å². The Labute approximate surface area is 101 Å². The SMILES string of the molecule is CC(=O)N(C)CC(=O)NCCCC(C)C(=O)O. The second-order valence-corrected chi connectivity index (χ2v) is 4.11. The molecule has 6 heteroatoms. The van der Waals surface area contributed by atoms with E-state index in [0.717, 1.165) is 0 Å². The van der Waals surface area contributed by atoms with Gasteiger partial charge in [-0.2, -0.15) is 0 Å². The number of amides is 2. The zero-order valence-corrected chi connectivity index (χ0v) is 10.5. The first-order valence-corrected chi connectivity index (χ1v) is 5.55. The topological polar surface area (TPSA) is 86.7 Å². The molecule has 0 aliphatic rings. The van der Waals surface area contributed by atoms with Gasteiger partial charge in [-0.05, 0) is 12.8 Å². The van der Waals surface area contributed by atoms with Gasteiger partial charge in [0.15, 0.2) is 0 Å². The summed E-state index contributed by atoms with van der Waals surface area (Å²) >= 11 is 0. The predicted octanol–water partition coefficient (Wildman–Crippen LogP) is 0.0818.